The van der Waals surface area contributed by atoms with E-state index in [1.54, 1.807) is 6.92 Å². The van der Waals surface area contributed by atoms with Crippen LogP contribution in [-0.2, 0) is 0 Å². The van der Waals surface area contributed by atoms with Crippen LogP contribution in [0.1, 0.15) is 31.9 Å². The molecular weight excluding hydrogens is 304 g/mol. The van der Waals surface area contributed by atoms with Crippen LogP contribution in [0.3, 0.4) is 0 Å². The van der Waals surface area contributed by atoms with Crippen LogP contribution in [0.2, 0.25) is 0 Å². The zero-order valence-corrected chi connectivity index (χ0v) is 13.5. The average molecular weight is 327 g/mol. The molecule has 1 aliphatic heterocycles. The van der Waals surface area contributed by atoms with E-state index >= 15 is 0 Å². The summed E-state index contributed by atoms with van der Waals surface area (Å²) in [6.45, 7) is 7.27. The first-order valence-electron chi connectivity index (χ1n) is 6.95. The molecule has 0 aromatic heterocycles. The van der Waals surface area contributed by atoms with Crippen LogP contribution in [0.4, 0.5) is 5.69 Å². The SMILES string of the molecule is CCC1CN(c2ccc([C@H](C)O)cc2Br)CCN1C. The van der Waals surface area contributed by atoms with Crippen LogP contribution in [0.5, 0.6) is 0 Å². The lowest BCUT2D eigenvalue weighted by atomic mass is 10.1. The average Bonchev–Trinajstić information content (AvgIpc) is 2.39. The normalized spacial score (nSPS) is 22.6. The molecule has 0 saturated carbocycles. The number of aliphatic hydroxyl groups is 1. The molecule has 106 valence electrons. The molecule has 1 aliphatic rings. The summed E-state index contributed by atoms with van der Waals surface area (Å²) >= 11 is 3.64. The second-order valence-electron chi connectivity index (χ2n) is 5.38. The zero-order chi connectivity index (χ0) is 14.0. The molecular formula is C15H23BrN2O. The Kier molecular flexibility index (Phi) is 4.87. The summed E-state index contributed by atoms with van der Waals surface area (Å²) < 4.78 is 1.07. The molecule has 4 heteroatoms. The maximum Gasteiger partial charge on any atom is 0.0762 e. The number of benzene rings is 1. The minimum absolute atomic E-state index is 0.416. The fraction of sp³-hybridized carbons (Fsp3) is 0.600. The maximum atomic E-state index is 9.62. The first-order chi connectivity index (χ1) is 9.02. The van der Waals surface area contributed by atoms with Gasteiger partial charge in [-0.05, 0) is 54.0 Å². The van der Waals surface area contributed by atoms with Crippen LogP contribution in [0, 0.1) is 0 Å². The van der Waals surface area contributed by atoms with Gasteiger partial charge in [0.1, 0.15) is 0 Å². The van der Waals surface area contributed by atoms with Crippen molar-refractivity contribution in [1.29, 1.82) is 0 Å². The van der Waals surface area contributed by atoms with Gasteiger partial charge in [0.05, 0.1) is 11.8 Å². The minimum atomic E-state index is -0.416. The van der Waals surface area contributed by atoms with Gasteiger partial charge in [-0.2, -0.15) is 0 Å². The molecule has 1 aromatic carbocycles. The number of halogens is 1. The second kappa shape index (κ2) is 6.25. The van der Waals surface area contributed by atoms with Crippen molar-refractivity contribution in [3.05, 3.63) is 28.2 Å². The van der Waals surface area contributed by atoms with Crippen molar-refractivity contribution >= 4 is 21.6 Å². The number of rotatable bonds is 3. The minimum Gasteiger partial charge on any atom is -0.389 e. The maximum absolute atomic E-state index is 9.62. The van der Waals surface area contributed by atoms with Crippen molar-refractivity contribution in [3.63, 3.8) is 0 Å². The molecule has 0 amide bonds. The largest absolute Gasteiger partial charge is 0.389 e. The van der Waals surface area contributed by atoms with Gasteiger partial charge < -0.3 is 10.0 Å². The Morgan fingerprint density at radius 2 is 2.16 bits per heavy atom. The Morgan fingerprint density at radius 3 is 2.74 bits per heavy atom. The number of piperazine rings is 1. The second-order valence-corrected chi connectivity index (χ2v) is 6.23. The Hall–Kier alpha value is -0.580. The van der Waals surface area contributed by atoms with Gasteiger partial charge >= 0.3 is 0 Å². The van der Waals surface area contributed by atoms with Crippen molar-refractivity contribution in [2.45, 2.75) is 32.4 Å². The lowest BCUT2D eigenvalue weighted by Crippen LogP contribution is -2.51. The predicted molar refractivity (Wildman–Crippen MR) is 83.7 cm³/mol. The van der Waals surface area contributed by atoms with Gasteiger partial charge in [-0.3, -0.25) is 4.90 Å². The third kappa shape index (κ3) is 3.30. The van der Waals surface area contributed by atoms with Crippen molar-refractivity contribution in [1.82, 2.24) is 4.90 Å². The van der Waals surface area contributed by atoms with Gasteiger partial charge in [-0.15, -0.1) is 0 Å². The summed E-state index contributed by atoms with van der Waals surface area (Å²) in [5, 5.41) is 9.62. The van der Waals surface area contributed by atoms with E-state index in [0.717, 1.165) is 29.7 Å². The van der Waals surface area contributed by atoms with E-state index < -0.39 is 6.10 Å². The van der Waals surface area contributed by atoms with Crippen molar-refractivity contribution in [3.8, 4) is 0 Å². The fourth-order valence-electron chi connectivity index (χ4n) is 2.65. The molecule has 1 aromatic rings. The third-order valence-electron chi connectivity index (χ3n) is 4.04. The highest BCUT2D eigenvalue weighted by Crippen LogP contribution is 2.31. The molecule has 1 heterocycles. The highest BCUT2D eigenvalue weighted by Gasteiger charge is 2.24. The summed E-state index contributed by atoms with van der Waals surface area (Å²) in [6.07, 6.45) is 0.761. The molecule has 3 nitrogen and oxygen atoms in total. The van der Waals surface area contributed by atoms with Gasteiger partial charge in [-0.1, -0.05) is 13.0 Å². The zero-order valence-electron chi connectivity index (χ0n) is 11.9. The first-order valence-corrected chi connectivity index (χ1v) is 7.75. The lowest BCUT2D eigenvalue weighted by molar-refractivity contribution is 0.199. The number of aliphatic hydroxyl groups excluding tert-OH is 1. The summed E-state index contributed by atoms with van der Waals surface area (Å²) in [6, 6.07) is 6.78. The van der Waals surface area contributed by atoms with Crippen LogP contribution in [0.25, 0.3) is 0 Å². The van der Waals surface area contributed by atoms with E-state index in [9.17, 15) is 5.11 Å². The van der Waals surface area contributed by atoms with E-state index in [2.05, 4.69) is 45.8 Å². The molecule has 19 heavy (non-hydrogen) atoms. The number of anilines is 1. The molecule has 1 fully saturated rings. The molecule has 0 bridgehead atoms. The number of nitrogens with zero attached hydrogens (tertiary/aromatic N) is 2. The van der Waals surface area contributed by atoms with Crippen molar-refractivity contribution in [2.24, 2.45) is 0 Å². The standard InChI is InChI=1S/C15H23BrN2O/c1-4-13-10-18(8-7-17(13)3)15-6-5-12(11(2)19)9-14(15)16/h5-6,9,11,13,19H,4,7-8,10H2,1-3H3/t11-,13?/m0/s1. The Labute approximate surface area is 124 Å². The monoisotopic (exact) mass is 326 g/mol. The van der Waals surface area contributed by atoms with Crippen LogP contribution < -0.4 is 4.90 Å². The van der Waals surface area contributed by atoms with E-state index in [1.165, 1.54) is 12.1 Å². The predicted octanol–water partition coefficient (Wildman–Crippen LogP) is 3.03. The quantitative estimate of drug-likeness (QED) is 0.924. The smallest absolute Gasteiger partial charge is 0.0762 e. The first kappa shape index (κ1) is 14.8. The van der Waals surface area contributed by atoms with Gasteiger partial charge in [0, 0.05) is 30.1 Å². The number of likely N-dealkylation sites (N-methyl/N-ethyl adjacent to an activating group) is 1. The van der Waals surface area contributed by atoms with Gasteiger partial charge in [-0.25, -0.2) is 0 Å². The highest BCUT2D eigenvalue weighted by molar-refractivity contribution is 9.10. The summed E-state index contributed by atoms with van der Waals surface area (Å²) in [4.78, 5) is 4.87. The highest BCUT2D eigenvalue weighted by atomic mass is 79.9. The Balaban J connectivity index is 2.18. The van der Waals surface area contributed by atoms with E-state index in [0.29, 0.717) is 6.04 Å². The molecule has 0 radical (unpaired) electrons. The van der Waals surface area contributed by atoms with Crippen LogP contribution in [0.15, 0.2) is 22.7 Å². The summed E-state index contributed by atoms with van der Waals surface area (Å²) in [5.41, 5.74) is 2.19. The van der Waals surface area contributed by atoms with E-state index in [1.807, 2.05) is 12.1 Å². The molecule has 1 unspecified atom stereocenters. The van der Waals surface area contributed by atoms with Crippen molar-refractivity contribution in [2.75, 3.05) is 31.6 Å². The molecule has 0 spiro atoms. The Morgan fingerprint density at radius 1 is 1.42 bits per heavy atom. The summed E-state index contributed by atoms with van der Waals surface area (Å²) in [5.74, 6) is 0. The molecule has 1 saturated heterocycles. The molecule has 2 atom stereocenters. The van der Waals surface area contributed by atoms with Crippen molar-refractivity contribution < 1.29 is 5.11 Å². The van der Waals surface area contributed by atoms with Crippen LogP contribution in [-0.4, -0.2) is 42.7 Å². The molecule has 0 aliphatic carbocycles. The van der Waals surface area contributed by atoms with Gasteiger partial charge in [0.15, 0.2) is 0 Å². The van der Waals surface area contributed by atoms with Crippen LogP contribution >= 0.6 is 15.9 Å². The number of hydrogen-bond donors (Lipinski definition) is 1. The number of hydrogen-bond acceptors (Lipinski definition) is 3. The topological polar surface area (TPSA) is 26.7 Å². The third-order valence-corrected chi connectivity index (χ3v) is 4.68. The van der Waals surface area contributed by atoms with E-state index in [-0.39, 0.29) is 0 Å². The fourth-order valence-corrected chi connectivity index (χ4v) is 3.29. The lowest BCUT2D eigenvalue weighted by Gasteiger charge is -2.40. The van der Waals surface area contributed by atoms with Gasteiger partial charge in [0.2, 0.25) is 0 Å². The molecule has 2 rings (SSSR count). The molecule has 1 N–H and O–H groups in total. The Bertz CT molecular complexity index is 436. The van der Waals surface area contributed by atoms with Gasteiger partial charge in [0.25, 0.3) is 0 Å². The summed E-state index contributed by atoms with van der Waals surface area (Å²) in [7, 11) is 2.21. The van der Waals surface area contributed by atoms with E-state index in [4.69, 9.17) is 0 Å².